The van der Waals surface area contributed by atoms with E-state index in [4.69, 9.17) is 25.8 Å². The molecule has 0 bridgehead atoms. The van der Waals surface area contributed by atoms with Crippen LogP contribution in [-0.4, -0.2) is 31.8 Å². The van der Waals surface area contributed by atoms with Crippen LogP contribution in [0.3, 0.4) is 0 Å². The normalized spacial score (nSPS) is 10.6. The fourth-order valence-electron chi connectivity index (χ4n) is 1.72. The van der Waals surface area contributed by atoms with E-state index in [-0.39, 0.29) is 19.8 Å². The molecule has 0 amide bonds. The molecule has 0 radical (unpaired) electrons. The first-order chi connectivity index (χ1) is 11.0. The van der Waals surface area contributed by atoms with Crippen LogP contribution in [0.25, 0.3) is 0 Å². The molecule has 0 heterocycles. The number of benzene rings is 1. The molecule has 128 valence electrons. The number of rotatable bonds is 10. The lowest BCUT2D eigenvalue weighted by atomic mass is 10.1. The van der Waals surface area contributed by atoms with E-state index in [0.29, 0.717) is 17.5 Å². The summed E-state index contributed by atoms with van der Waals surface area (Å²) >= 11 is 5.76. The Labute approximate surface area is 141 Å². The summed E-state index contributed by atoms with van der Waals surface area (Å²) in [7, 11) is 0. The molecular formula is C17H23ClO5. The Morgan fingerprint density at radius 2 is 1.65 bits per heavy atom. The number of halogens is 1. The summed E-state index contributed by atoms with van der Waals surface area (Å²) in [4.78, 5) is 22.8. The van der Waals surface area contributed by atoms with Gasteiger partial charge in [0.25, 0.3) is 0 Å². The van der Waals surface area contributed by atoms with E-state index in [1.54, 1.807) is 24.3 Å². The summed E-state index contributed by atoms with van der Waals surface area (Å²) in [6, 6.07) is 6.98. The van der Waals surface area contributed by atoms with Crippen LogP contribution in [-0.2, 0) is 30.4 Å². The molecule has 0 spiro atoms. The van der Waals surface area contributed by atoms with Gasteiger partial charge in [-0.25, -0.2) is 9.59 Å². The average molecular weight is 343 g/mol. The predicted molar refractivity (Wildman–Crippen MR) is 87.1 cm³/mol. The number of hydrogen-bond donors (Lipinski definition) is 0. The summed E-state index contributed by atoms with van der Waals surface area (Å²) in [6.07, 6.45) is 1.83. The van der Waals surface area contributed by atoms with Crippen LogP contribution < -0.4 is 0 Å². The molecule has 1 rings (SSSR count). The highest BCUT2D eigenvalue weighted by Gasteiger charge is 2.08. The standard InChI is InChI=1S/C17H23ClO5/c1-13(2)4-3-9-22-16(19)11-21-12-17(20)23-10-14-5-7-15(18)8-6-14/h5-8,13H,3-4,9-12H2,1-2H3. The first-order valence-electron chi connectivity index (χ1n) is 7.61. The number of esters is 2. The fraction of sp³-hybridized carbons (Fsp3) is 0.529. The Hall–Kier alpha value is -1.59. The van der Waals surface area contributed by atoms with Gasteiger partial charge in [0, 0.05) is 5.02 Å². The molecule has 0 atom stereocenters. The van der Waals surface area contributed by atoms with E-state index in [9.17, 15) is 9.59 Å². The van der Waals surface area contributed by atoms with Crippen molar-refractivity contribution in [2.45, 2.75) is 33.3 Å². The molecule has 0 aliphatic rings. The Morgan fingerprint density at radius 3 is 2.26 bits per heavy atom. The van der Waals surface area contributed by atoms with Crippen molar-refractivity contribution in [2.75, 3.05) is 19.8 Å². The van der Waals surface area contributed by atoms with Crippen molar-refractivity contribution in [1.82, 2.24) is 0 Å². The molecule has 0 aliphatic heterocycles. The van der Waals surface area contributed by atoms with E-state index >= 15 is 0 Å². The van der Waals surface area contributed by atoms with Gasteiger partial charge in [0.2, 0.25) is 0 Å². The average Bonchev–Trinajstić information content (AvgIpc) is 2.51. The van der Waals surface area contributed by atoms with Gasteiger partial charge in [0.05, 0.1) is 6.61 Å². The monoisotopic (exact) mass is 342 g/mol. The van der Waals surface area contributed by atoms with E-state index in [1.165, 1.54) is 0 Å². The van der Waals surface area contributed by atoms with Crippen molar-refractivity contribution in [3.8, 4) is 0 Å². The molecule has 23 heavy (non-hydrogen) atoms. The first kappa shape index (κ1) is 19.5. The lowest BCUT2D eigenvalue weighted by molar-refractivity contribution is -0.156. The number of carbonyl (C=O) groups excluding carboxylic acids is 2. The SMILES string of the molecule is CC(C)CCCOC(=O)COCC(=O)OCc1ccc(Cl)cc1. The topological polar surface area (TPSA) is 61.8 Å². The largest absolute Gasteiger partial charge is 0.464 e. The van der Waals surface area contributed by atoms with Gasteiger partial charge < -0.3 is 14.2 Å². The van der Waals surface area contributed by atoms with Gasteiger partial charge in [-0.05, 0) is 36.5 Å². The third-order valence-corrected chi connectivity index (χ3v) is 3.19. The Morgan fingerprint density at radius 1 is 1.04 bits per heavy atom. The highest BCUT2D eigenvalue weighted by Crippen LogP contribution is 2.10. The molecule has 1 aromatic carbocycles. The zero-order valence-corrected chi connectivity index (χ0v) is 14.3. The molecule has 6 heteroatoms. The molecule has 0 saturated carbocycles. The maximum atomic E-state index is 11.5. The highest BCUT2D eigenvalue weighted by molar-refractivity contribution is 6.30. The molecule has 0 fully saturated rings. The molecule has 0 aliphatic carbocycles. The minimum Gasteiger partial charge on any atom is -0.464 e. The first-order valence-corrected chi connectivity index (χ1v) is 7.98. The summed E-state index contributed by atoms with van der Waals surface area (Å²) in [6.45, 7) is 4.20. The van der Waals surface area contributed by atoms with Gasteiger partial charge >= 0.3 is 11.9 Å². The zero-order valence-electron chi connectivity index (χ0n) is 13.5. The second-order valence-electron chi connectivity index (χ2n) is 5.54. The van der Waals surface area contributed by atoms with Crippen molar-refractivity contribution in [1.29, 1.82) is 0 Å². The van der Waals surface area contributed by atoms with Gasteiger partial charge in [-0.2, -0.15) is 0 Å². The van der Waals surface area contributed by atoms with Crippen molar-refractivity contribution in [3.63, 3.8) is 0 Å². The minimum absolute atomic E-state index is 0.138. The second-order valence-corrected chi connectivity index (χ2v) is 5.97. The van der Waals surface area contributed by atoms with Gasteiger partial charge in [-0.15, -0.1) is 0 Å². The summed E-state index contributed by atoms with van der Waals surface area (Å²) < 4.78 is 15.0. The van der Waals surface area contributed by atoms with Crippen LogP contribution in [0.5, 0.6) is 0 Å². The van der Waals surface area contributed by atoms with E-state index in [0.717, 1.165) is 18.4 Å². The van der Waals surface area contributed by atoms with Crippen molar-refractivity contribution in [2.24, 2.45) is 5.92 Å². The lowest BCUT2D eigenvalue weighted by Gasteiger charge is -2.07. The summed E-state index contributed by atoms with van der Waals surface area (Å²) in [5, 5.41) is 0.621. The smallest absolute Gasteiger partial charge is 0.332 e. The Kier molecular flexibility index (Phi) is 9.33. The van der Waals surface area contributed by atoms with Crippen LogP contribution in [0.2, 0.25) is 5.02 Å². The van der Waals surface area contributed by atoms with Gasteiger partial charge in [-0.1, -0.05) is 37.6 Å². The van der Waals surface area contributed by atoms with Crippen LogP contribution in [0, 0.1) is 5.92 Å². The van der Waals surface area contributed by atoms with Gasteiger partial charge in [0.1, 0.15) is 19.8 Å². The van der Waals surface area contributed by atoms with Crippen molar-refractivity contribution in [3.05, 3.63) is 34.9 Å². The molecule has 0 N–H and O–H groups in total. The predicted octanol–water partition coefficient (Wildman–Crippen LogP) is 3.38. The highest BCUT2D eigenvalue weighted by atomic mass is 35.5. The second kappa shape index (κ2) is 11.0. The maximum Gasteiger partial charge on any atom is 0.332 e. The minimum atomic E-state index is -0.535. The summed E-state index contributed by atoms with van der Waals surface area (Å²) in [5.41, 5.74) is 0.826. The molecule has 0 unspecified atom stereocenters. The number of hydrogen-bond acceptors (Lipinski definition) is 5. The maximum absolute atomic E-state index is 11.5. The van der Waals surface area contributed by atoms with E-state index < -0.39 is 11.9 Å². The third-order valence-electron chi connectivity index (χ3n) is 2.94. The zero-order chi connectivity index (χ0) is 17.1. The van der Waals surface area contributed by atoms with Crippen LogP contribution in [0.1, 0.15) is 32.3 Å². The quantitative estimate of drug-likeness (QED) is 0.482. The summed E-state index contributed by atoms with van der Waals surface area (Å²) in [5.74, 6) is -0.424. The van der Waals surface area contributed by atoms with Crippen molar-refractivity contribution >= 4 is 23.5 Å². The van der Waals surface area contributed by atoms with Crippen LogP contribution in [0.15, 0.2) is 24.3 Å². The molecular weight excluding hydrogens is 320 g/mol. The fourth-order valence-corrected chi connectivity index (χ4v) is 1.85. The number of ether oxygens (including phenoxy) is 3. The van der Waals surface area contributed by atoms with Crippen LogP contribution in [0.4, 0.5) is 0 Å². The molecule has 0 saturated heterocycles. The Balaban J connectivity index is 2.07. The molecule has 0 aromatic heterocycles. The van der Waals surface area contributed by atoms with E-state index in [2.05, 4.69) is 13.8 Å². The van der Waals surface area contributed by atoms with Crippen LogP contribution >= 0.6 is 11.6 Å². The number of carbonyl (C=O) groups is 2. The van der Waals surface area contributed by atoms with E-state index in [1.807, 2.05) is 0 Å². The lowest BCUT2D eigenvalue weighted by Crippen LogP contribution is -2.19. The van der Waals surface area contributed by atoms with Crippen molar-refractivity contribution < 1.29 is 23.8 Å². The van der Waals surface area contributed by atoms with Gasteiger partial charge in [0.15, 0.2) is 0 Å². The van der Waals surface area contributed by atoms with Gasteiger partial charge in [-0.3, -0.25) is 0 Å². The molecule has 1 aromatic rings. The molecule has 5 nitrogen and oxygen atoms in total. The Bertz CT molecular complexity index is 484. The third kappa shape index (κ3) is 9.92.